The summed E-state index contributed by atoms with van der Waals surface area (Å²) in [6.45, 7) is 1.14. The quantitative estimate of drug-likeness (QED) is 0.814. The van der Waals surface area contributed by atoms with E-state index in [1.807, 2.05) is 0 Å². The van der Waals surface area contributed by atoms with Crippen LogP contribution < -0.4 is 5.32 Å². The maximum Gasteiger partial charge on any atom is 0.261 e. The van der Waals surface area contributed by atoms with E-state index in [2.05, 4.69) is 5.32 Å². The molecule has 0 bridgehead atoms. The zero-order valence-electron chi connectivity index (χ0n) is 14.2. The zero-order valence-corrected chi connectivity index (χ0v) is 14.2. The summed E-state index contributed by atoms with van der Waals surface area (Å²) in [7, 11) is 1.61. The molecule has 2 heterocycles. The van der Waals surface area contributed by atoms with Gasteiger partial charge in [-0.2, -0.15) is 0 Å². The van der Waals surface area contributed by atoms with E-state index in [1.54, 1.807) is 36.2 Å². The van der Waals surface area contributed by atoms with Crippen LogP contribution in [-0.4, -0.2) is 60.1 Å². The molecular formula is C18H21N3O4. The molecule has 0 radical (unpaired) electrons. The first-order chi connectivity index (χ1) is 12.0. The van der Waals surface area contributed by atoms with E-state index in [4.69, 9.17) is 0 Å². The fraction of sp³-hybridized carbons (Fsp3) is 0.444. The first-order valence-electron chi connectivity index (χ1n) is 8.47. The van der Waals surface area contributed by atoms with Crippen LogP contribution in [-0.2, 0) is 9.59 Å². The molecule has 132 valence electrons. The maximum atomic E-state index is 12.4. The van der Waals surface area contributed by atoms with Gasteiger partial charge in [0.1, 0.15) is 0 Å². The van der Waals surface area contributed by atoms with Gasteiger partial charge in [0.05, 0.1) is 11.1 Å². The number of rotatable bonds is 4. The van der Waals surface area contributed by atoms with Gasteiger partial charge in [-0.3, -0.25) is 24.1 Å². The minimum Gasteiger partial charge on any atom is -0.359 e. The minimum atomic E-state index is -0.341. The van der Waals surface area contributed by atoms with Gasteiger partial charge in [0, 0.05) is 39.0 Å². The monoisotopic (exact) mass is 343 g/mol. The maximum absolute atomic E-state index is 12.4. The van der Waals surface area contributed by atoms with Gasteiger partial charge in [-0.15, -0.1) is 0 Å². The molecule has 1 aromatic rings. The number of benzene rings is 1. The SMILES string of the molecule is CNC(=O)C1CCN(C(=O)CCN2C(=O)c3ccccc3C2=O)CC1. The number of piperidine rings is 1. The molecule has 2 aliphatic rings. The lowest BCUT2D eigenvalue weighted by molar-refractivity contribution is -0.135. The molecule has 1 aromatic carbocycles. The fourth-order valence-electron chi connectivity index (χ4n) is 3.40. The van der Waals surface area contributed by atoms with Crippen LogP contribution in [0.2, 0.25) is 0 Å². The van der Waals surface area contributed by atoms with Gasteiger partial charge in [-0.05, 0) is 25.0 Å². The lowest BCUT2D eigenvalue weighted by atomic mass is 9.96. The van der Waals surface area contributed by atoms with Crippen molar-refractivity contribution in [2.45, 2.75) is 19.3 Å². The number of carbonyl (C=O) groups is 4. The molecule has 3 rings (SSSR count). The van der Waals surface area contributed by atoms with Gasteiger partial charge in [0.15, 0.2) is 0 Å². The Hall–Kier alpha value is -2.70. The Kier molecular flexibility index (Phi) is 4.83. The molecule has 25 heavy (non-hydrogen) atoms. The molecule has 0 saturated carbocycles. The number of imide groups is 1. The topological polar surface area (TPSA) is 86.8 Å². The third kappa shape index (κ3) is 3.26. The number of hydrogen-bond donors (Lipinski definition) is 1. The number of amides is 4. The minimum absolute atomic E-state index is 0.0122. The van der Waals surface area contributed by atoms with E-state index in [-0.39, 0.29) is 42.5 Å². The van der Waals surface area contributed by atoms with Gasteiger partial charge >= 0.3 is 0 Å². The van der Waals surface area contributed by atoms with Crippen molar-refractivity contribution in [3.63, 3.8) is 0 Å². The molecule has 4 amide bonds. The predicted octanol–water partition coefficient (Wildman–Crippen LogP) is 0.657. The van der Waals surface area contributed by atoms with Crippen molar-refractivity contribution >= 4 is 23.6 Å². The lowest BCUT2D eigenvalue weighted by Gasteiger charge is -2.31. The molecule has 1 saturated heterocycles. The van der Waals surface area contributed by atoms with Crippen molar-refractivity contribution in [2.75, 3.05) is 26.7 Å². The first-order valence-corrected chi connectivity index (χ1v) is 8.47. The first kappa shape index (κ1) is 17.1. The summed E-state index contributed by atoms with van der Waals surface area (Å²) < 4.78 is 0. The summed E-state index contributed by atoms with van der Waals surface area (Å²) in [6, 6.07) is 6.69. The summed E-state index contributed by atoms with van der Waals surface area (Å²) >= 11 is 0. The average molecular weight is 343 g/mol. The molecule has 7 heteroatoms. The second kappa shape index (κ2) is 7.04. The Morgan fingerprint density at radius 1 is 1.08 bits per heavy atom. The van der Waals surface area contributed by atoms with Crippen LogP contribution in [0.15, 0.2) is 24.3 Å². The highest BCUT2D eigenvalue weighted by molar-refractivity contribution is 6.21. The van der Waals surface area contributed by atoms with E-state index in [0.717, 1.165) is 4.90 Å². The lowest BCUT2D eigenvalue weighted by Crippen LogP contribution is -2.43. The van der Waals surface area contributed by atoms with E-state index in [9.17, 15) is 19.2 Å². The average Bonchev–Trinajstić information content (AvgIpc) is 2.90. The zero-order chi connectivity index (χ0) is 18.0. The van der Waals surface area contributed by atoms with Gasteiger partial charge in [-0.1, -0.05) is 12.1 Å². The van der Waals surface area contributed by atoms with Crippen LogP contribution in [0.1, 0.15) is 40.0 Å². The van der Waals surface area contributed by atoms with Gasteiger partial charge in [0.25, 0.3) is 11.8 Å². The molecular weight excluding hydrogens is 322 g/mol. The Balaban J connectivity index is 1.53. The molecule has 1 N–H and O–H groups in total. The van der Waals surface area contributed by atoms with Gasteiger partial charge in [0.2, 0.25) is 11.8 Å². The number of fused-ring (bicyclic) bond motifs is 1. The summed E-state index contributed by atoms with van der Waals surface area (Å²) in [4.78, 5) is 51.4. The van der Waals surface area contributed by atoms with Crippen molar-refractivity contribution in [2.24, 2.45) is 5.92 Å². The van der Waals surface area contributed by atoms with Crippen molar-refractivity contribution in [3.05, 3.63) is 35.4 Å². The number of carbonyl (C=O) groups excluding carboxylic acids is 4. The Bertz CT molecular complexity index is 688. The second-order valence-electron chi connectivity index (χ2n) is 6.33. The van der Waals surface area contributed by atoms with Crippen molar-refractivity contribution < 1.29 is 19.2 Å². The van der Waals surface area contributed by atoms with Gasteiger partial charge in [-0.25, -0.2) is 0 Å². The number of nitrogens with one attached hydrogen (secondary N) is 1. The summed E-state index contributed by atoms with van der Waals surface area (Å²) in [5.41, 5.74) is 0.790. The molecule has 7 nitrogen and oxygen atoms in total. The molecule has 0 unspecified atom stereocenters. The largest absolute Gasteiger partial charge is 0.359 e. The third-order valence-electron chi connectivity index (χ3n) is 4.89. The van der Waals surface area contributed by atoms with E-state index in [0.29, 0.717) is 37.1 Å². The highest BCUT2D eigenvalue weighted by Gasteiger charge is 2.35. The van der Waals surface area contributed by atoms with Crippen LogP contribution in [0.25, 0.3) is 0 Å². The number of likely N-dealkylation sites (tertiary alicyclic amines) is 1. The van der Waals surface area contributed by atoms with E-state index >= 15 is 0 Å². The van der Waals surface area contributed by atoms with Crippen molar-refractivity contribution in [1.82, 2.24) is 15.1 Å². The highest BCUT2D eigenvalue weighted by Crippen LogP contribution is 2.23. The Labute approximate surface area is 146 Å². The summed E-state index contributed by atoms with van der Waals surface area (Å²) in [6.07, 6.45) is 1.38. The predicted molar refractivity (Wildman–Crippen MR) is 89.8 cm³/mol. The summed E-state index contributed by atoms with van der Waals surface area (Å²) in [5, 5.41) is 2.64. The Morgan fingerprint density at radius 3 is 2.16 bits per heavy atom. The molecule has 0 atom stereocenters. The van der Waals surface area contributed by atoms with E-state index in [1.165, 1.54) is 0 Å². The number of hydrogen-bond acceptors (Lipinski definition) is 4. The van der Waals surface area contributed by atoms with Crippen molar-refractivity contribution in [1.29, 1.82) is 0 Å². The summed E-state index contributed by atoms with van der Waals surface area (Å²) in [5.74, 6) is -0.811. The van der Waals surface area contributed by atoms with Crippen LogP contribution >= 0.6 is 0 Å². The highest BCUT2D eigenvalue weighted by atomic mass is 16.2. The molecule has 0 spiro atoms. The normalized spacial score (nSPS) is 17.6. The Morgan fingerprint density at radius 2 is 1.64 bits per heavy atom. The van der Waals surface area contributed by atoms with Gasteiger partial charge < -0.3 is 10.2 Å². The van der Waals surface area contributed by atoms with Crippen LogP contribution in [0.4, 0.5) is 0 Å². The fourth-order valence-corrected chi connectivity index (χ4v) is 3.40. The number of nitrogens with zero attached hydrogens (tertiary/aromatic N) is 2. The van der Waals surface area contributed by atoms with Crippen LogP contribution in [0.3, 0.4) is 0 Å². The molecule has 0 aliphatic carbocycles. The molecule has 2 aliphatic heterocycles. The van der Waals surface area contributed by atoms with E-state index < -0.39 is 0 Å². The molecule has 1 fully saturated rings. The molecule has 0 aromatic heterocycles. The van der Waals surface area contributed by atoms with Crippen molar-refractivity contribution in [3.8, 4) is 0 Å². The van der Waals surface area contributed by atoms with Crippen LogP contribution in [0.5, 0.6) is 0 Å². The van der Waals surface area contributed by atoms with Crippen LogP contribution in [0, 0.1) is 5.92 Å². The smallest absolute Gasteiger partial charge is 0.261 e. The third-order valence-corrected chi connectivity index (χ3v) is 4.89. The standard InChI is InChI=1S/C18H21N3O4/c1-19-16(23)12-6-9-20(10-7-12)15(22)8-11-21-17(24)13-4-2-3-5-14(13)18(21)25/h2-5,12H,6-11H2,1H3,(H,19,23). The second-order valence-corrected chi connectivity index (χ2v) is 6.33.